The third-order valence-electron chi connectivity index (χ3n) is 2.97. The molecule has 0 aromatic carbocycles. The van der Waals surface area contributed by atoms with Crippen LogP contribution in [0.2, 0.25) is 0 Å². The Labute approximate surface area is 108 Å². The highest BCUT2D eigenvalue weighted by Gasteiger charge is 2.25. The van der Waals surface area contributed by atoms with Crippen LogP contribution in [0.3, 0.4) is 0 Å². The lowest BCUT2D eigenvalue weighted by molar-refractivity contribution is -0.147. The maximum absolute atomic E-state index is 11.8. The van der Waals surface area contributed by atoms with E-state index in [9.17, 15) is 9.59 Å². The molecule has 1 rings (SSSR count). The molecule has 0 saturated carbocycles. The van der Waals surface area contributed by atoms with Gasteiger partial charge in [0.15, 0.2) is 0 Å². The molecular formula is C12H24N4O2. The number of hydrogen-bond donors (Lipinski definition) is 2. The van der Waals surface area contributed by atoms with Crippen molar-refractivity contribution in [3.05, 3.63) is 0 Å². The topological polar surface area (TPSA) is 78.7 Å². The molecule has 1 aliphatic heterocycles. The summed E-state index contributed by atoms with van der Waals surface area (Å²) in [6.07, 6.45) is 0. The first-order valence-corrected chi connectivity index (χ1v) is 6.54. The van der Waals surface area contributed by atoms with Crippen LogP contribution in [0.4, 0.5) is 0 Å². The molecule has 0 spiro atoms. The first-order valence-electron chi connectivity index (χ1n) is 6.54. The molecule has 1 fully saturated rings. The average molecular weight is 256 g/mol. The van der Waals surface area contributed by atoms with E-state index in [4.69, 9.17) is 5.73 Å². The van der Waals surface area contributed by atoms with Crippen molar-refractivity contribution < 1.29 is 9.59 Å². The number of carbonyl (C=O) groups excluding carboxylic acids is 2. The number of nitrogens with two attached hydrogens (primary N) is 1. The molecular weight excluding hydrogens is 232 g/mol. The van der Waals surface area contributed by atoms with Crippen molar-refractivity contribution in [1.82, 2.24) is 15.1 Å². The van der Waals surface area contributed by atoms with Crippen LogP contribution in [-0.2, 0) is 9.59 Å². The van der Waals surface area contributed by atoms with Gasteiger partial charge in [-0.1, -0.05) is 13.8 Å². The van der Waals surface area contributed by atoms with Crippen molar-refractivity contribution in [2.75, 3.05) is 45.8 Å². The lowest BCUT2D eigenvalue weighted by Crippen LogP contribution is -2.53. The highest BCUT2D eigenvalue weighted by atomic mass is 16.2. The fourth-order valence-electron chi connectivity index (χ4n) is 1.87. The predicted molar refractivity (Wildman–Crippen MR) is 69.9 cm³/mol. The van der Waals surface area contributed by atoms with Gasteiger partial charge in [-0.3, -0.25) is 14.5 Å². The molecule has 0 aromatic rings. The van der Waals surface area contributed by atoms with Crippen LogP contribution >= 0.6 is 0 Å². The van der Waals surface area contributed by atoms with E-state index in [0.29, 0.717) is 32.1 Å². The van der Waals surface area contributed by atoms with Crippen molar-refractivity contribution in [1.29, 1.82) is 0 Å². The van der Waals surface area contributed by atoms with Crippen LogP contribution in [0.15, 0.2) is 0 Å². The molecule has 6 nitrogen and oxygen atoms in total. The summed E-state index contributed by atoms with van der Waals surface area (Å²) in [5.74, 6) is -0.554. The molecule has 0 bridgehead atoms. The number of rotatable bonds is 4. The van der Waals surface area contributed by atoms with E-state index in [1.807, 2.05) is 13.8 Å². The molecule has 0 unspecified atom stereocenters. The number of hydrogen-bond acceptors (Lipinski definition) is 4. The van der Waals surface area contributed by atoms with Gasteiger partial charge in [-0.25, -0.2) is 0 Å². The molecule has 6 heteroatoms. The van der Waals surface area contributed by atoms with E-state index >= 15 is 0 Å². The molecule has 0 atom stereocenters. The second-order valence-electron chi connectivity index (χ2n) is 5.03. The van der Waals surface area contributed by atoms with Crippen LogP contribution in [0.25, 0.3) is 0 Å². The molecule has 0 aromatic heterocycles. The summed E-state index contributed by atoms with van der Waals surface area (Å²) in [7, 11) is 0. The maximum Gasteiger partial charge on any atom is 0.311 e. The van der Waals surface area contributed by atoms with Gasteiger partial charge in [-0.05, 0) is 5.92 Å². The molecule has 1 saturated heterocycles. The van der Waals surface area contributed by atoms with E-state index in [-0.39, 0.29) is 0 Å². The minimum Gasteiger partial charge on any atom is -0.348 e. The van der Waals surface area contributed by atoms with Gasteiger partial charge in [0.1, 0.15) is 0 Å². The summed E-state index contributed by atoms with van der Waals surface area (Å²) in [4.78, 5) is 27.3. The summed E-state index contributed by atoms with van der Waals surface area (Å²) in [6.45, 7) is 8.80. The van der Waals surface area contributed by atoms with Crippen molar-refractivity contribution in [2.24, 2.45) is 11.7 Å². The largest absolute Gasteiger partial charge is 0.348 e. The van der Waals surface area contributed by atoms with Crippen LogP contribution in [0.1, 0.15) is 13.8 Å². The Morgan fingerprint density at radius 1 is 1.22 bits per heavy atom. The number of piperazine rings is 1. The first-order chi connectivity index (χ1) is 8.54. The van der Waals surface area contributed by atoms with Gasteiger partial charge in [0.2, 0.25) is 0 Å². The number of nitrogens with zero attached hydrogens (tertiary/aromatic N) is 2. The van der Waals surface area contributed by atoms with Gasteiger partial charge in [0.25, 0.3) is 0 Å². The van der Waals surface area contributed by atoms with Gasteiger partial charge < -0.3 is 16.0 Å². The minimum absolute atomic E-state index is 0.350. The molecule has 2 amide bonds. The SMILES string of the molecule is CC(C)CNC(=O)C(=O)N1CCN(CCN)CC1. The molecule has 18 heavy (non-hydrogen) atoms. The van der Waals surface area contributed by atoms with E-state index in [1.165, 1.54) is 0 Å². The smallest absolute Gasteiger partial charge is 0.311 e. The maximum atomic E-state index is 11.8. The first kappa shape index (κ1) is 14.9. The van der Waals surface area contributed by atoms with E-state index < -0.39 is 11.8 Å². The Balaban J connectivity index is 2.33. The third kappa shape index (κ3) is 4.62. The van der Waals surface area contributed by atoms with Gasteiger partial charge >= 0.3 is 11.8 Å². The van der Waals surface area contributed by atoms with Gasteiger partial charge in [0, 0.05) is 45.8 Å². The van der Waals surface area contributed by atoms with Gasteiger partial charge in [0.05, 0.1) is 0 Å². The van der Waals surface area contributed by atoms with Crippen molar-refractivity contribution in [3.8, 4) is 0 Å². The number of amides is 2. The normalized spacial score (nSPS) is 17.0. The van der Waals surface area contributed by atoms with Crippen LogP contribution < -0.4 is 11.1 Å². The lowest BCUT2D eigenvalue weighted by atomic mass is 10.2. The molecule has 1 aliphatic rings. The monoisotopic (exact) mass is 256 g/mol. The van der Waals surface area contributed by atoms with Gasteiger partial charge in [-0.15, -0.1) is 0 Å². The fraction of sp³-hybridized carbons (Fsp3) is 0.833. The van der Waals surface area contributed by atoms with Crippen molar-refractivity contribution >= 4 is 11.8 Å². The predicted octanol–water partition coefficient (Wildman–Crippen LogP) is -1.14. The molecule has 3 N–H and O–H groups in total. The molecule has 104 valence electrons. The Hall–Kier alpha value is -1.14. The average Bonchev–Trinajstić information content (AvgIpc) is 2.36. The van der Waals surface area contributed by atoms with E-state index in [0.717, 1.165) is 19.6 Å². The van der Waals surface area contributed by atoms with Crippen LogP contribution in [0.5, 0.6) is 0 Å². The Kier molecular flexibility index (Phi) is 6.07. The second kappa shape index (κ2) is 7.33. The summed E-state index contributed by atoms with van der Waals surface area (Å²) in [6, 6.07) is 0. The second-order valence-corrected chi connectivity index (χ2v) is 5.03. The number of nitrogens with one attached hydrogen (secondary N) is 1. The zero-order valence-electron chi connectivity index (χ0n) is 11.3. The quantitative estimate of drug-likeness (QED) is 0.623. The fourth-order valence-corrected chi connectivity index (χ4v) is 1.87. The Morgan fingerprint density at radius 2 is 1.83 bits per heavy atom. The summed E-state index contributed by atoms with van der Waals surface area (Å²) in [5.41, 5.74) is 5.48. The highest BCUT2D eigenvalue weighted by molar-refractivity contribution is 6.35. The Bertz CT molecular complexity index is 286. The summed E-state index contributed by atoms with van der Waals surface area (Å²) in [5, 5.41) is 2.65. The Morgan fingerprint density at radius 3 is 2.33 bits per heavy atom. The van der Waals surface area contributed by atoms with Gasteiger partial charge in [-0.2, -0.15) is 0 Å². The molecule has 1 heterocycles. The zero-order chi connectivity index (χ0) is 13.5. The lowest BCUT2D eigenvalue weighted by Gasteiger charge is -2.34. The summed E-state index contributed by atoms with van der Waals surface area (Å²) >= 11 is 0. The van der Waals surface area contributed by atoms with E-state index in [2.05, 4.69) is 10.2 Å². The third-order valence-corrected chi connectivity index (χ3v) is 2.97. The van der Waals surface area contributed by atoms with Crippen LogP contribution in [0, 0.1) is 5.92 Å². The molecule has 0 aliphatic carbocycles. The minimum atomic E-state index is -0.490. The van der Waals surface area contributed by atoms with Crippen LogP contribution in [-0.4, -0.2) is 67.4 Å². The standard InChI is InChI=1S/C12H24N4O2/c1-10(2)9-14-11(17)12(18)16-7-5-15(4-3-13)6-8-16/h10H,3-9,13H2,1-2H3,(H,14,17). The zero-order valence-corrected chi connectivity index (χ0v) is 11.3. The molecule has 0 radical (unpaired) electrons. The van der Waals surface area contributed by atoms with Crippen molar-refractivity contribution in [3.63, 3.8) is 0 Å². The van der Waals surface area contributed by atoms with E-state index in [1.54, 1.807) is 4.90 Å². The van der Waals surface area contributed by atoms with Crippen molar-refractivity contribution in [2.45, 2.75) is 13.8 Å². The highest BCUT2D eigenvalue weighted by Crippen LogP contribution is 2.01. The summed E-state index contributed by atoms with van der Waals surface area (Å²) < 4.78 is 0. The number of carbonyl (C=O) groups is 2.